The molecule has 1 aromatic heterocycles. The molecule has 0 saturated heterocycles. The average molecular weight is 274 g/mol. The van der Waals surface area contributed by atoms with Crippen molar-refractivity contribution in [2.24, 2.45) is 12.8 Å². The van der Waals surface area contributed by atoms with E-state index in [1.54, 1.807) is 13.3 Å². The van der Waals surface area contributed by atoms with Gasteiger partial charge in [-0.3, -0.25) is 0 Å². The fourth-order valence-corrected chi connectivity index (χ4v) is 2.35. The summed E-state index contributed by atoms with van der Waals surface area (Å²) in [6.07, 6.45) is 3.75. The van der Waals surface area contributed by atoms with Gasteiger partial charge in [-0.2, -0.15) is 0 Å². The zero-order valence-corrected chi connectivity index (χ0v) is 12.5. The average Bonchev–Trinajstić information content (AvgIpc) is 2.83. The first-order valence-electron chi connectivity index (χ1n) is 6.64. The molecule has 20 heavy (non-hydrogen) atoms. The molecule has 0 spiro atoms. The van der Waals surface area contributed by atoms with Gasteiger partial charge in [0.15, 0.2) is 0 Å². The number of hydrogen-bond donors (Lipinski definition) is 1. The highest BCUT2D eigenvalue weighted by molar-refractivity contribution is 5.60. The van der Waals surface area contributed by atoms with Crippen LogP contribution in [0.4, 0.5) is 5.69 Å². The highest BCUT2D eigenvalue weighted by Gasteiger charge is 2.16. The molecule has 0 aliphatic carbocycles. The molecular weight excluding hydrogens is 252 g/mol. The van der Waals surface area contributed by atoms with E-state index in [2.05, 4.69) is 16.0 Å². The minimum absolute atomic E-state index is 0.0926. The molecule has 0 radical (unpaired) electrons. The Hall–Kier alpha value is -2.01. The van der Waals surface area contributed by atoms with E-state index in [4.69, 9.17) is 10.5 Å². The molecule has 1 unspecified atom stereocenters. The van der Waals surface area contributed by atoms with Gasteiger partial charge in [0.1, 0.15) is 11.6 Å². The topological polar surface area (TPSA) is 56.3 Å². The van der Waals surface area contributed by atoms with Crippen LogP contribution >= 0.6 is 0 Å². The fourth-order valence-electron chi connectivity index (χ4n) is 2.35. The Morgan fingerprint density at radius 3 is 2.75 bits per heavy atom. The van der Waals surface area contributed by atoms with E-state index in [0.29, 0.717) is 0 Å². The van der Waals surface area contributed by atoms with Crippen molar-refractivity contribution in [3.05, 3.63) is 42.0 Å². The molecule has 0 aliphatic heterocycles. The molecule has 0 fully saturated rings. The lowest BCUT2D eigenvalue weighted by Crippen LogP contribution is -2.22. The largest absolute Gasteiger partial charge is 0.496 e. The normalized spacial score (nSPS) is 12.2. The van der Waals surface area contributed by atoms with Gasteiger partial charge in [-0.05, 0) is 19.1 Å². The minimum atomic E-state index is -0.0926. The number of imidazole rings is 1. The van der Waals surface area contributed by atoms with Crippen LogP contribution in [0.2, 0.25) is 0 Å². The van der Waals surface area contributed by atoms with Crippen LogP contribution in [0.3, 0.4) is 0 Å². The third-order valence-corrected chi connectivity index (χ3v) is 3.43. The number of aromatic nitrogens is 2. The van der Waals surface area contributed by atoms with Crippen molar-refractivity contribution in [1.82, 2.24) is 9.55 Å². The van der Waals surface area contributed by atoms with E-state index in [9.17, 15) is 0 Å². The molecular formula is C15H22N4O. The summed E-state index contributed by atoms with van der Waals surface area (Å²) < 4.78 is 7.44. The van der Waals surface area contributed by atoms with Crippen LogP contribution in [0.1, 0.15) is 24.4 Å². The number of nitrogens with two attached hydrogens (primary N) is 1. The second kappa shape index (κ2) is 5.96. The predicted molar refractivity (Wildman–Crippen MR) is 80.9 cm³/mol. The third kappa shape index (κ3) is 2.77. The number of rotatable bonds is 5. The van der Waals surface area contributed by atoms with Crippen molar-refractivity contribution in [2.45, 2.75) is 19.5 Å². The van der Waals surface area contributed by atoms with Gasteiger partial charge in [-0.15, -0.1) is 0 Å². The van der Waals surface area contributed by atoms with E-state index in [1.165, 1.54) is 0 Å². The first-order chi connectivity index (χ1) is 9.54. The van der Waals surface area contributed by atoms with Gasteiger partial charge in [-0.25, -0.2) is 4.98 Å². The summed E-state index contributed by atoms with van der Waals surface area (Å²) in [6.45, 7) is 2.69. The molecule has 1 heterocycles. The maximum absolute atomic E-state index is 6.10. The summed E-state index contributed by atoms with van der Waals surface area (Å²) in [5.41, 5.74) is 8.20. The van der Waals surface area contributed by atoms with Crippen molar-refractivity contribution in [3.8, 4) is 5.75 Å². The maximum Gasteiger partial charge on any atom is 0.127 e. The number of ether oxygens (including phenoxy) is 1. The Bertz CT molecular complexity index is 577. The van der Waals surface area contributed by atoms with Crippen molar-refractivity contribution in [3.63, 3.8) is 0 Å². The number of aryl methyl sites for hydroxylation is 1. The molecule has 0 saturated carbocycles. The van der Waals surface area contributed by atoms with E-state index >= 15 is 0 Å². The summed E-state index contributed by atoms with van der Waals surface area (Å²) >= 11 is 0. The van der Waals surface area contributed by atoms with Gasteiger partial charge in [0.25, 0.3) is 0 Å². The van der Waals surface area contributed by atoms with Crippen LogP contribution in [-0.4, -0.2) is 23.7 Å². The summed E-state index contributed by atoms with van der Waals surface area (Å²) in [5.74, 6) is 1.83. The van der Waals surface area contributed by atoms with Crippen LogP contribution in [0, 0.1) is 0 Å². The second-order valence-corrected chi connectivity index (χ2v) is 4.99. The molecule has 108 valence electrons. The second-order valence-electron chi connectivity index (χ2n) is 4.99. The van der Waals surface area contributed by atoms with Gasteiger partial charge < -0.3 is 19.9 Å². The zero-order chi connectivity index (χ0) is 14.7. The summed E-state index contributed by atoms with van der Waals surface area (Å²) in [4.78, 5) is 6.50. The molecule has 2 N–H and O–H groups in total. The van der Waals surface area contributed by atoms with Crippen LogP contribution in [-0.2, 0) is 13.6 Å². The fraction of sp³-hybridized carbons (Fsp3) is 0.400. The lowest BCUT2D eigenvalue weighted by molar-refractivity contribution is 0.407. The highest BCUT2D eigenvalue weighted by Crippen LogP contribution is 2.33. The van der Waals surface area contributed by atoms with Crippen molar-refractivity contribution < 1.29 is 4.74 Å². The molecule has 0 amide bonds. The van der Waals surface area contributed by atoms with Gasteiger partial charge in [-0.1, -0.05) is 6.07 Å². The maximum atomic E-state index is 6.10. The summed E-state index contributed by atoms with van der Waals surface area (Å²) in [6, 6.07) is 5.89. The smallest absolute Gasteiger partial charge is 0.127 e. The Labute approximate surface area is 120 Å². The molecule has 2 aromatic rings. The number of anilines is 1. The van der Waals surface area contributed by atoms with Gasteiger partial charge >= 0.3 is 0 Å². The lowest BCUT2D eigenvalue weighted by Gasteiger charge is -2.25. The Balaban J connectivity index is 2.34. The minimum Gasteiger partial charge on any atom is -0.496 e. The molecule has 5 nitrogen and oxygen atoms in total. The van der Waals surface area contributed by atoms with Crippen LogP contribution < -0.4 is 15.4 Å². The molecule has 0 bridgehead atoms. The number of benzene rings is 1. The van der Waals surface area contributed by atoms with E-state index in [1.807, 2.05) is 43.9 Å². The predicted octanol–water partition coefficient (Wildman–Crippen LogP) is 2.08. The SMILES string of the molecule is COc1cccc(N(C)Cc2nccn2C)c1C(C)N. The monoisotopic (exact) mass is 274 g/mol. The highest BCUT2D eigenvalue weighted by atomic mass is 16.5. The molecule has 1 atom stereocenters. The Morgan fingerprint density at radius 1 is 1.45 bits per heavy atom. The summed E-state index contributed by atoms with van der Waals surface area (Å²) in [5, 5.41) is 0. The van der Waals surface area contributed by atoms with E-state index in [0.717, 1.165) is 29.4 Å². The third-order valence-electron chi connectivity index (χ3n) is 3.43. The molecule has 2 rings (SSSR count). The summed E-state index contributed by atoms with van der Waals surface area (Å²) in [7, 11) is 5.70. The van der Waals surface area contributed by atoms with Crippen molar-refractivity contribution in [2.75, 3.05) is 19.1 Å². The quantitative estimate of drug-likeness (QED) is 0.907. The standard InChI is InChI=1S/C15H22N4O/c1-11(16)15-12(6-5-7-13(15)20-4)19(3)10-14-17-8-9-18(14)2/h5-9,11H,10,16H2,1-4H3. The lowest BCUT2D eigenvalue weighted by atomic mass is 10.0. The first kappa shape index (κ1) is 14.4. The molecule has 0 aliphatic rings. The van der Waals surface area contributed by atoms with Gasteiger partial charge in [0.05, 0.1) is 13.7 Å². The zero-order valence-electron chi connectivity index (χ0n) is 12.5. The van der Waals surface area contributed by atoms with Crippen LogP contribution in [0.15, 0.2) is 30.6 Å². The van der Waals surface area contributed by atoms with Crippen LogP contribution in [0.25, 0.3) is 0 Å². The molecule has 1 aromatic carbocycles. The number of nitrogens with zero attached hydrogens (tertiary/aromatic N) is 3. The molecule has 5 heteroatoms. The first-order valence-corrected chi connectivity index (χ1v) is 6.64. The van der Waals surface area contributed by atoms with Crippen LogP contribution in [0.5, 0.6) is 5.75 Å². The number of methoxy groups -OCH3 is 1. The van der Waals surface area contributed by atoms with Crippen molar-refractivity contribution >= 4 is 5.69 Å². The van der Waals surface area contributed by atoms with E-state index in [-0.39, 0.29) is 6.04 Å². The Morgan fingerprint density at radius 2 is 2.20 bits per heavy atom. The number of hydrogen-bond acceptors (Lipinski definition) is 4. The van der Waals surface area contributed by atoms with Gasteiger partial charge in [0, 0.05) is 43.8 Å². The van der Waals surface area contributed by atoms with Crippen molar-refractivity contribution in [1.29, 1.82) is 0 Å². The van der Waals surface area contributed by atoms with Gasteiger partial charge in [0.2, 0.25) is 0 Å². The Kier molecular flexibility index (Phi) is 4.29. The van der Waals surface area contributed by atoms with E-state index < -0.39 is 0 Å².